The molecule has 2 aromatic carbocycles. The van der Waals surface area contributed by atoms with Crippen LogP contribution >= 0.6 is 11.8 Å². The van der Waals surface area contributed by atoms with E-state index >= 15 is 0 Å². The number of benzene rings is 2. The third kappa shape index (κ3) is 5.99. The number of carbonyl (C=O) groups excluding carboxylic acids is 1. The minimum Gasteiger partial charge on any atom is -0.490 e. The molecule has 6 heteroatoms. The van der Waals surface area contributed by atoms with E-state index in [1.54, 1.807) is 36.2 Å². The number of ether oxygens (including phenoxy) is 2. The summed E-state index contributed by atoms with van der Waals surface area (Å²) >= 11 is 1.73. The second-order valence-electron chi connectivity index (χ2n) is 6.16. The molecule has 0 atom stereocenters. The Kier molecular flexibility index (Phi) is 7.53. The molecule has 0 radical (unpaired) electrons. The predicted octanol–water partition coefficient (Wildman–Crippen LogP) is 5.42. The van der Waals surface area contributed by atoms with Crippen molar-refractivity contribution in [1.29, 1.82) is 0 Å². The van der Waals surface area contributed by atoms with Gasteiger partial charge in [0.15, 0.2) is 11.5 Å². The van der Waals surface area contributed by atoms with Gasteiger partial charge in [-0.15, -0.1) is 11.8 Å². The number of nitrogens with one attached hydrogen (secondary N) is 1. The van der Waals surface area contributed by atoms with Gasteiger partial charge in [-0.05, 0) is 67.9 Å². The zero-order valence-corrected chi connectivity index (χ0v) is 17.4. The Morgan fingerprint density at radius 1 is 1.00 bits per heavy atom. The fourth-order valence-corrected chi connectivity index (χ4v) is 3.51. The fraction of sp³-hybridized carbons (Fsp3) is 0.217. The van der Waals surface area contributed by atoms with E-state index in [9.17, 15) is 4.79 Å². The van der Waals surface area contributed by atoms with Crippen molar-refractivity contribution in [2.24, 2.45) is 0 Å². The second-order valence-corrected chi connectivity index (χ2v) is 7.20. The van der Waals surface area contributed by atoms with Crippen molar-refractivity contribution in [2.45, 2.75) is 24.5 Å². The van der Waals surface area contributed by atoms with Crippen molar-refractivity contribution in [3.8, 4) is 11.5 Å². The summed E-state index contributed by atoms with van der Waals surface area (Å²) in [6, 6.07) is 17.0. The van der Waals surface area contributed by atoms with E-state index in [1.807, 2.05) is 50.4 Å². The predicted molar refractivity (Wildman–Crippen MR) is 117 cm³/mol. The molecule has 0 aliphatic carbocycles. The number of hydrogen-bond acceptors (Lipinski definition) is 5. The number of pyridine rings is 1. The molecule has 3 aromatic rings. The van der Waals surface area contributed by atoms with Gasteiger partial charge in [0.25, 0.3) is 5.91 Å². The molecule has 3 rings (SSSR count). The fourth-order valence-electron chi connectivity index (χ4n) is 2.68. The van der Waals surface area contributed by atoms with Crippen LogP contribution in [-0.4, -0.2) is 24.1 Å². The standard InChI is InChI=1S/C23H24N2O3S/c1-3-27-21-12-7-18(14-22(21)28-4-2)23(26)25-19-8-10-20(11-9-19)29-16-17-6-5-13-24-15-17/h5-15H,3-4,16H2,1-2H3,(H,25,26). The van der Waals surface area contributed by atoms with Gasteiger partial charge >= 0.3 is 0 Å². The molecule has 0 saturated heterocycles. The lowest BCUT2D eigenvalue weighted by Gasteiger charge is -2.12. The molecule has 150 valence electrons. The molecule has 29 heavy (non-hydrogen) atoms. The minimum absolute atomic E-state index is 0.190. The summed E-state index contributed by atoms with van der Waals surface area (Å²) in [5, 5.41) is 2.93. The highest BCUT2D eigenvalue weighted by Crippen LogP contribution is 2.29. The first-order valence-electron chi connectivity index (χ1n) is 9.52. The number of anilines is 1. The monoisotopic (exact) mass is 408 g/mol. The molecular weight excluding hydrogens is 384 g/mol. The van der Waals surface area contributed by atoms with Crippen molar-refractivity contribution >= 4 is 23.4 Å². The van der Waals surface area contributed by atoms with Crippen LogP contribution in [0.3, 0.4) is 0 Å². The zero-order chi connectivity index (χ0) is 20.5. The Bertz CT molecular complexity index is 931. The quantitative estimate of drug-likeness (QED) is 0.479. The lowest BCUT2D eigenvalue weighted by molar-refractivity contribution is 0.102. The first-order valence-corrected chi connectivity index (χ1v) is 10.5. The van der Waals surface area contributed by atoms with Crippen LogP contribution in [0, 0.1) is 0 Å². The highest BCUT2D eigenvalue weighted by molar-refractivity contribution is 7.98. The van der Waals surface area contributed by atoms with Gasteiger partial charge in [-0.25, -0.2) is 0 Å². The molecule has 0 saturated carbocycles. The first-order chi connectivity index (χ1) is 14.2. The first kappa shape index (κ1) is 20.7. The SMILES string of the molecule is CCOc1ccc(C(=O)Nc2ccc(SCc3cccnc3)cc2)cc1OCC. The summed E-state index contributed by atoms with van der Waals surface area (Å²) in [5.41, 5.74) is 2.44. The molecule has 5 nitrogen and oxygen atoms in total. The highest BCUT2D eigenvalue weighted by Gasteiger charge is 2.12. The molecule has 1 N–H and O–H groups in total. The normalized spacial score (nSPS) is 10.4. The van der Waals surface area contributed by atoms with Crippen LogP contribution < -0.4 is 14.8 Å². The number of rotatable bonds is 9. The van der Waals surface area contributed by atoms with Gasteiger partial charge < -0.3 is 14.8 Å². The van der Waals surface area contributed by atoms with Crippen LogP contribution in [-0.2, 0) is 5.75 Å². The topological polar surface area (TPSA) is 60.5 Å². The van der Waals surface area contributed by atoms with Crippen molar-refractivity contribution in [3.63, 3.8) is 0 Å². The Labute approximate surface area is 175 Å². The summed E-state index contributed by atoms with van der Waals surface area (Å²) in [7, 11) is 0. The van der Waals surface area contributed by atoms with Crippen LogP contribution in [0.15, 0.2) is 71.9 Å². The Morgan fingerprint density at radius 3 is 2.45 bits per heavy atom. The van der Waals surface area contributed by atoms with E-state index in [2.05, 4.69) is 16.4 Å². The van der Waals surface area contributed by atoms with Crippen LogP contribution in [0.2, 0.25) is 0 Å². The van der Waals surface area contributed by atoms with Crippen molar-refractivity contribution < 1.29 is 14.3 Å². The van der Waals surface area contributed by atoms with Gasteiger partial charge in [0, 0.05) is 34.3 Å². The lowest BCUT2D eigenvalue weighted by Crippen LogP contribution is -2.12. The molecule has 1 aromatic heterocycles. The molecule has 1 heterocycles. The minimum atomic E-state index is -0.190. The van der Waals surface area contributed by atoms with Crippen LogP contribution in [0.4, 0.5) is 5.69 Å². The van der Waals surface area contributed by atoms with Crippen molar-refractivity contribution in [3.05, 3.63) is 78.1 Å². The van der Waals surface area contributed by atoms with Gasteiger partial charge in [0.05, 0.1) is 13.2 Å². The summed E-state index contributed by atoms with van der Waals surface area (Å²) in [6.45, 7) is 4.85. The molecule has 0 fully saturated rings. The maximum absolute atomic E-state index is 12.6. The van der Waals surface area contributed by atoms with E-state index in [1.165, 1.54) is 5.56 Å². The maximum Gasteiger partial charge on any atom is 0.255 e. The van der Waals surface area contributed by atoms with E-state index in [0.717, 1.165) is 16.3 Å². The molecule has 0 aliphatic rings. The molecule has 1 amide bonds. The van der Waals surface area contributed by atoms with Crippen LogP contribution in [0.5, 0.6) is 11.5 Å². The number of aromatic nitrogens is 1. The van der Waals surface area contributed by atoms with E-state index in [4.69, 9.17) is 9.47 Å². The average Bonchev–Trinajstić information content (AvgIpc) is 2.75. The molecule has 0 bridgehead atoms. The second kappa shape index (κ2) is 10.5. The number of nitrogens with zero attached hydrogens (tertiary/aromatic N) is 1. The third-order valence-corrected chi connectivity index (χ3v) is 5.13. The maximum atomic E-state index is 12.6. The van der Waals surface area contributed by atoms with Gasteiger partial charge in [-0.2, -0.15) is 0 Å². The van der Waals surface area contributed by atoms with Gasteiger partial charge in [0.1, 0.15) is 0 Å². The molecule has 0 unspecified atom stereocenters. The third-order valence-electron chi connectivity index (χ3n) is 4.05. The summed E-state index contributed by atoms with van der Waals surface area (Å²) in [6.07, 6.45) is 3.64. The highest BCUT2D eigenvalue weighted by atomic mass is 32.2. The Hall–Kier alpha value is -2.99. The Morgan fingerprint density at radius 2 is 1.76 bits per heavy atom. The van der Waals surface area contributed by atoms with Crippen molar-refractivity contribution in [1.82, 2.24) is 4.98 Å². The van der Waals surface area contributed by atoms with E-state index in [0.29, 0.717) is 30.3 Å². The smallest absolute Gasteiger partial charge is 0.255 e. The molecule has 0 aliphatic heterocycles. The van der Waals surface area contributed by atoms with Crippen LogP contribution in [0.1, 0.15) is 29.8 Å². The number of amides is 1. The number of carbonyl (C=O) groups is 1. The molecule has 0 spiro atoms. The number of thioether (sulfide) groups is 1. The molecular formula is C23H24N2O3S. The summed E-state index contributed by atoms with van der Waals surface area (Å²) < 4.78 is 11.1. The van der Waals surface area contributed by atoms with Crippen LogP contribution in [0.25, 0.3) is 0 Å². The van der Waals surface area contributed by atoms with Gasteiger partial charge in [-0.1, -0.05) is 6.07 Å². The number of hydrogen-bond donors (Lipinski definition) is 1. The van der Waals surface area contributed by atoms with E-state index < -0.39 is 0 Å². The van der Waals surface area contributed by atoms with Gasteiger partial charge in [-0.3, -0.25) is 9.78 Å². The zero-order valence-electron chi connectivity index (χ0n) is 16.6. The Balaban J connectivity index is 1.62. The average molecular weight is 409 g/mol. The largest absolute Gasteiger partial charge is 0.490 e. The summed E-state index contributed by atoms with van der Waals surface area (Å²) in [4.78, 5) is 17.9. The summed E-state index contributed by atoms with van der Waals surface area (Å²) in [5.74, 6) is 1.88. The van der Waals surface area contributed by atoms with Crippen molar-refractivity contribution in [2.75, 3.05) is 18.5 Å². The van der Waals surface area contributed by atoms with Gasteiger partial charge in [0.2, 0.25) is 0 Å². The lowest BCUT2D eigenvalue weighted by atomic mass is 10.2. The van der Waals surface area contributed by atoms with E-state index in [-0.39, 0.29) is 5.91 Å².